The first-order chi connectivity index (χ1) is 9.13. The first-order valence-electron chi connectivity index (χ1n) is 7.43. The molecule has 0 aromatic heterocycles. The molecule has 1 aliphatic carbocycles. The van der Waals surface area contributed by atoms with Crippen molar-refractivity contribution in [3.8, 4) is 0 Å². The Kier molecular flexibility index (Phi) is 7.53. The molecule has 1 saturated carbocycles. The van der Waals surface area contributed by atoms with Crippen molar-refractivity contribution >= 4 is 11.9 Å². The maximum absolute atomic E-state index is 11.8. The minimum absolute atomic E-state index is 0.0511. The highest BCUT2D eigenvalue weighted by Crippen LogP contribution is 2.32. The van der Waals surface area contributed by atoms with E-state index in [0.717, 1.165) is 31.6 Å². The number of esters is 2. The van der Waals surface area contributed by atoms with Gasteiger partial charge in [0.2, 0.25) is 0 Å². The van der Waals surface area contributed by atoms with E-state index in [1.54, 1.807) is 0 Å². The Morgan fingerprint density at radius 1 is 1.05 bits per heavy atom. The van der Waals surface area contributed by atoms with Crippen LogP contribution in [0.4, 0.5) is 0 Å². The minimum atomic E-state index is -0.340. The third-order valence-electron chi connectivity index (χ3n) is 3.78. The Hall–Kier alpha value is -1.06. The van der Waals surface area contributed by atoms with E-state index in [-0.39, 0.29) is 31.1 Å². The lowest BCUT2D eigenvalue weighted by Crippen LogP contribution is -2.25. The van der Waals surface area contributed by atoms with Crippen LogP contribution >= 0.6 is 0 Å². The van der Waals surface area contributed by atoms with Crippen LogP contribution in [0.2, 0.25) is 0 Å². The average molecular weight is 270 g/mol. The van der Waals surface area contributed by atoms with Gasteiger partial charge in [0.1, 0.15) is 13.2 Å². The molecule has 0 aromatic rings. The van der Waals surface area contributed by atoms with Gasteiger partial charge in [0, 0.05) is 6.92 Å². The van der Waals surface area contributed by atoms with Crippen molar-refractivity contribution in [2.45, 2.75) is 58.8 Å². The summed E-state index contributed by atoms with van der Waals surface area (Å²) in [4.78, 5) is 22.4. The molecule has 0 spiro atoms. The van der Waals surface area contributed by atoms with Crippen molar-refractivity contribution < 1.29 is 19.1 Å². The third kappa shape index (κ3) is 6.60. The summed E-state index contributed by atoms with van der Waals surface area (Å²) < 4.78 is 9.86. The van der Waals surface area contributed by atoms with Gasteiger partial charge in [-0.15, -0.1) is 0 Å². The van der Waals surface area contributed by atoms with Gasteiger partial charge in [-0.3, -0.25) is 9.59 Å². The molecule has 0 N–H and O–H groups in total. The molecule has 0 radical (unpaired) electrons. The summed E-state index contributed by atoms with van der Waals surface area (Å²) in [5.74, 6) is 0.383. The van der Waals surface area contributed by atoms with Crippen LogP contribution in [0, 0.1) is 11.8 Å². The van der Waals surface area contributed by atoms with Crippen molar-refractivity contribution in [1.29, 1.82) is 0 Å². The van der Waals surface area contributed by atoms with Crippen molar-refractivity contribution in [2.75, 3.05) is 13.2 Å². The summed E-state index contributed by atoms with van der Waals surface area (Å²) in [5.41, 5.74) is 0. The Bertz CT molecular complexity index is 280. The van der Waals surface area contributed by atoms with Crippen molar-refractivity contribution in [2.24, 2.45) is 11.8 Å². The lowest BCUT2D eigenvalue weighted by atomic mass is 9.80. The molecule has 0 aromatic carbocycles. The number of hydrogen-bond donors (Lipinski definition) is 0. The number of hydrogen-bond acceptors (Lipinski definition) is 4. The second-order valence-electron chi connectivity index (χ2n) is 5.37. The fourth-order valence-corrected chi connectivity index (χ4v) is 2.63. The Morgan fingerprint density at radius 3 is 2.26 bits per heavy atom. The van der Waals surface area contributed by atoms with E-state index >= 15 is 0 Å². The molecule has 1 aliphatic rings. The van der Waals surface area contributed by atoms with E-state index in [4.69, 9.17) is 9.47 Å². The molecule has 0 atom stereocenters. The molecule has 1 fully saturated rings. The third-order valence-corrected chi connectivity index (χ3v) is 3.78. The van der Waals surface area contributed by atoms with Crippen LogP contribution < -0.4 is 0 Å². The molecule has 0 aliphatic heterocycles. The van der Waals surface area contributed by atoms with E-state index in [1.807, 2.05) is 0 Å². The number of carbonyl (C=O) groups is 2. The maximum atomic E-state index is 11.8. The van der Waals surface area contributed by atoms with Crippen LogP contribution in [0.5, 0.6) is 0 Å². The van der Waals surface area contributed by atoms with Gasteiger partial charge in [-0.25, -0.2) is 0 Å². The molecule has 4 heteroatoms. The standard InChI is InChI=1S/C15H26O4/c1-3-4-5-13-6-8-14(9-7-13)15(17)19-11-10-18-12(2)16/h13-14H,3-11H2,1-2H3. The monoisotopic (exact) mass is 270 g/mol. The molecule has 0 bridgehead atoms. The molecule has 1 rings (SSSR count). The van der Waals surface area contributed by atoms with Gasteiger partial charge in [-0.05, 0) is 31.6 Å². The lowest BCUT2D eigenvalue weighted by Gasteiger charge is -2.27. The van der Waals surface area contributed by atoms with Crippen LogP contribution in [-0.4, -0.2) is 25.2 Å². The highest BCUT2D eigenvalue weighted by Gasteiger charge is 2.26. The smallest absolute Gasteiger partial charge is 0.309 e. The zero-order chi connectivity index (χ0) is 14.1. The maximum Gasteiger partial charge on any atom is 0.309 e. The normalized spacial score (nSPS) is 22.8. The lowest BCUT2D eigenvalue weighted by molar-refractivity contribution is -0.155. The topological polar surface area (TPSA) is 52.6 Å². The van der Waals surface area contributed by atoms with Crippen molar-refractivity contribution in [3.05, 3.63) is 0 Å². The first-order valence-corrected chi connectivity index (χ1v) is 7.43. The Labute approximate surface area is 115 Å². The van der Waals surface area contributed by atoms with Crippen LogP contribution in [-0.2, 0) is 19.1 Å². The van der Waals surface area contributed by atoms with Gasteiger partial charge in [-0.1, -0.05) is 26.2 Å². The summed E-state index contributed by atoms with van der Waals surface area (Å²) in [5, 5.41) is 0. The fraction of sp³-hybridized carbons (Fsp3) is 0.867. The van der Waals surface area contributed by atoms with Crippen LogP contribution in [0.25, 0.3) is 0 Å². The second kappa shape index (κ2) is 8.94. The van der Waals surface area contributed by atoms with Gasteiger partial charge in [-0.2, -0.15) is 0 Å². The zero-order valence-electron chi connectivity index (χ0n) is 12.2. The van der Waals surface area contributed by atoms with Crippen molar-refractivity contribution in [1.82, 2.24) is 0 Å². The van der Waals surface area contributed by atoms with E-state index in [0.29, 0.717) is 0 Å². The second-order valence-corrected chi connectivity index (χ2v) is 5.37. The Morgan fingerprint density at radius 2 is 1.68 bits per heavy atom. The highest BCUT2D eigenvalue weighted by atomic mass is 16.6. The first kappa shape index (κ1) is 16.0. The Balaban J connectivity index is 2.12. The number of unbranched alkanes of at least 4 members (excludes halogenated alkanes) is 1. The summed E-state index contributed by atoms with van der Waals surface area (Å²) in [6.45, 7) is 3.90. The van der Waals surface area contributed by atoms with E-state index < -0.39 is 0 Å². The number of rotatable bonds is 7. The largest absolute Gasteiger partial charge is 0.462 e. The van der Waals surface area contributed by atoms with Gasteiger partial charge in [0.15, 0.2) is 0 Å². The van der Waals surface area contributed by atoms with Crippen LogP contribution in [0.3, 0.4) is 0 Å². The van der Waals surface area contributed by atoms with E-state index in [2.05, 4.69) is 6.92 Å². The van der Waals surface area contributed by atoms with Crippen LogP contribution in [0.1, 0.15) is 58.8 Å². The number of carbonyl (C=O) groups excluding carboxylic acids is 2. The molecule has 110 valence electrons. The summed E-state index contributed by atoms with van der Waals surface area (Å²) >= 11 is 0. The van der Waals surface area contributed by atoms with E-state index in [1.165, 1.54) is 26.2 Å². The molecule has 0 amide bonds. The molecule has 0 heterocycles. The van der Waals surface area contributed by atoms with E-state index in [9.17, 15) is 9.59 Å². The van der Waals surface area contributed by atoms with Crippen molar-refractivity contribution in [3.63, 3.8) is 0 Å². The quantitative estimate of drug-likeness (QED) is 0.527. The van der Waals surface area contributed by atoms with Gasteiger partial charge < -0.3 is 9.47 Å². The molecule has 0 saturated heterocycles. The zero-order valence-corrected chi connectivity index (χ0v) is 12.2. The summed E-state index contributed by atoms with van der Waals surface area (Å²) in [6, 6.07) is 0. The predicted molar refractivity (Wildman–Crippen MR) is 72.6 cm³/mol. The average Bonchev–Trinajstić information content (AvgIpc) is 2.41. The SMILES string of the molecule is CCCCC1CCC(C(=O)OCCOC(C)=O)CC1. The molecule has 4 nitrogen and oxygen atoms in total. The van der Waals surface area contributed by atoms with Gasteiger partial charge in [0.25, 0.3) is 0 Å². The summed E-state index contributed by atoms with van der Waals surface area (Å²) in [7, 11) is 0. The summed E-state index contributed by atoms with van der Waals surface area (Å²) in [6.07, 6.45) is 8.01. The number of ether oxygens (including phenoxy) is 2. The fourth-order valence-electron chi connectivity index (χ4n) is 2.63. The minimum Gasteiger partial charge on any atom is -0.462 e. The predicted octanol–water partition coefficient (Wildman–Crippen LogP) is 3.09. The highest BCUT2D eigenvalue weighted by molar-refractivity contribution is 5.72. The van der Waals surface area contributed by atoms with Gasteiger partial charge >= 0.3 is 11.9 Å². The van der Waals surface area contributed by atoms with Gasteiger partial charge in [0.05, 0.1) is 5.92 Å². The molecule has 0 unspecified atom stereocenters. The molecule has 19 heavy (non-hydrogen) atoms. The molecular formula is C15H26O4. The van der Waals surface area contributed by atoms with Crippen LogP contribution in [0.15, 0.2) is 0 Å². The molecular weight excluding hydrogens is 244 g/mol.